The summed E-state index contributed by atoms with van der Waals surface area (Å²) in [6.07, 6.45) is 10.6. The molecule has 0 saturated carbocycles. The number of carbonyl (C=O) groups is 1. The van der Waals surface area contributed by atoms with Crippen LogP contribution in [0.4, 0.5) is 5.69 Å². The number of imidazole rings is 1. The Morgan fingerprint density at radius 3 is 2.81 bits per heavy atom. The first-order valence-electron chi connectivity index (χ1n) is 11.2. The van der Waals surface area contributed by atoms with Gasteiger partial charge >= 0.3 is 0 Å². The van der Waals surface area contributed by atoms with Gasteiger partial charge in [-0.1, -0.05) is 12.1 Å². The lowest BCUT2D eigenvalue weighted by atomic mass is 9.91. The predicted octanol–water partition coefficient (Wildman–Crippen LogP) is 3.20. The minimum atomic E-state index is -2.50. The minimum absolute atomic E-state index is 0.233. The quantitative estimate of drug-likeness (QED) is 0.625. The van der Waals surface area contributed by atoms with Gasteiger partial charge in [-0.25, -0.2) is 4.98 Å². The van der Waals surface area contributed by atoms with Gasteiger partial charge in [0.15, 0.2) is 5.16 Å². The first kappa shape index (κ1) is 22.8. The highest BCUT2D eigenvalue weighted by molar-refractivity contribution is 7.99. The van der Waals surface area contributed by atoms with E-state index in [0.29, 0.717) is 0 Å². The van der Waals surface area contributed by atoms with Gasteiger partial charge in [0.25, 0.3) is 5.91 Å². The number of anilines is 1. The molecule has 32 heavy (non-hydrogen) atoms. The van der Waals surface area contributed by atoms with E-state index in [1.54, 1.807) is 0 Å². The Labute approximate surface area is 190 Å². The van der Waals surface area contributed by atoms with Gasteiger partial charge in [0.1, 0.15) is 5.69 Å². The number of carbonyl (C=O) groups excluding carboxylic acids is 1. The van der Waals surface area contributed by atoms with Crippen molar-refractivity contribution in [1.82, 2.24) is 14.9 Å². The maximum atomic E-state index is 12.9. The zero-order valence-corrected chi connectivity index (χ0v) is 19.5. The Bertz CT molecular complexity index is 1100. The molecule has 1 aliphatic carbocycles. The van der Waals surface area contributed by atoms with Gasteiger partial charge in [-0.2, -0.15) is 0 Å². The molecule has 2 aromatic rings. The molecule has 1 amide bonds. The molecule has 2 heterocycles. The average Bonchev–Trinajstić information content (AvgIpc) is 3.31. The van der Waals surface area contributed by atoms with Gasteiger partial charge in [0, 0.05) is 46.7 Å². The molecule has 172 valence electrons. The molecule has 0 bridgehead atoms. The van der Waals surface area contributed by atoms with Crippen LogP contribution in [0.3, 0.4) is 0 Å². The molecular weight excluding hydrogens is 424 g/mol. The lowest BCUT2D eigenvalue weighted by Gasteiger charge is -2.26. The maximum Gasteiger partial charge on any atom is 0.273 e. The number of aromatic nitrogens is 2. The minimum Gasteiger partial charge on any atom is -0.379 e. The predicted molar refractivity (Wildman–Crippen MR) is 130 cm³/mol. The van der Waals surface area contributed by atoms with E-state index in [1.165, 1.54) is 30.0 Å². The first-order chi connectivity index (χ1) is 15.4. The number of rotatable bonds is 7. The van der Waals surface area contributed by atoms with Crippen molar-refractivity contribution in [2.24, 2.45) is 0 Å². The molecule has 8 heteroatoms. The van der Waals surface area contributed by atoms with Gasteiger partial charge in [-0.15, -0.1) is 0 Å². The highest BCUT2D eigenvalue weighted by Gasteiger charge is 2.18. The molecule has 4 rings (SSSR count). The summed E-state index contributed by atoms with van der Waals surface area (Å²) < 4.78 is 17.5. The summed E-state index contributed by atoms with van der Waals surface area (Å²) in [5.74, 6) is 3.32. The summed E-state index contributed by atoms with van der Waals surface area (Å²) in [6.45, 7) is 4.58. The van der Waals surface area contributed by atoms with E-state index in [1.807, 2.05) is 6.07 Å². The SMILES string of the molecule is C=S(C)(=O)c1ncc(C(=O)Nc2ccc(CCN3CCOCC3)cc2C2=CCCCC2)[nH]1. The first-order valence-corrected chi connectivity index (χ1v) is 13.3. The highest BCUT2D eigenvalue weighted by Crippen LogP contribution is 2.33. The second kappa shape index (κ2) is 10.0. The maximum absolute atomic E-state index is 12.9. The molecule has 1 atom stereocenters. The van der Waals surface area contributed by atoms with Crippen molar-refractivity contribution in [3.05, 3.63) is 47.3 Å². The molecular formula is C24H32N4O3S. The van der Waals surface area contributed by atoms with Crippen molar-refractivity contribution in [3.63, 3.8) is 0 Å². The van der Waals surface area contributed by atoms with Crippen LogP contribution in [0.5, 0.6) is 0 Å². The standard InChI is InChI=1S/C24H32N4O3S/c1-32(2,30)24-25-17-22(27-24)23(29)26-21-9-8-18(10-11-28-12-14-31-15-13-28)16-20(21)19-6-4-3-5-7-19/h6,8-9,16-17H,1,3-5,7,10-15H2,2H3,(H,25,27)(H,26,29). The number of aromatic amines is 1. The Morgan fingerprint density at radius 2 is 2.12 bits per heavy atom. The van der Waals surface area contributed by atoms with E-state index in [4.69, 9.17) is 4.74 Å². The zero-order chi connectivity index (χ0) is 22.6. The largest absolute Gasteiger partial charge is 0.379 e. The van der Waals surface area contributed by atoms with Crippen molar-refractivity contribution in [2.75, 3.05) is 44.4 Å². The summed E-state index contributed by atoms with van der Waals surface area (Å²) in [4.78, 5) is 22.2. The summed E-state index contributed by atoms with van der Waals surface area (Å²) in [7, 11) is -2.50. The van der Waals surface area contributed by atoms with Crippen LogP contribution in [-0.4, -0.2) is 70.0 Å². The van der Waals surface area contributed by atoms with Gasteiger partial charge in [-0.3, -0.25) is 13.9 Å². The highest BCUT2D eigenvalue weighted by atomic mass is 32.2. The molecule has 1 unspecified atom stereocenters. The Hall–Kier alpha value is -2.42. The van der Waals surface area contributed by atoms with Crippen LogP contribution in [0, 0.1) is 0 Å². The Balaban J connectivity index is 1.54. The van der Waals surface area contributed by atoms with E-state index >= 15 is 0 Å². The smallest absolute Gasteiger partial charge is 0.273 e. The molecule has 1 aliphatic heterocycles. The number of morpholine rings is 1. The number of benzene rings is 1. The second-order valence-corrected chi connectivity index (χ2v) is 11.0. The third kappa shape index (κ3) is 5.68. The van der Waals surface area contributed by atoms with Crippen molar-refractivity contribution in [2.45, 2.75) is 37.3 Å². The summed E-state index contributed by atoms with van der Waals surface area (Å²) >= 11 is 0. The molecule has 1 aromatic heterocycles. The molecule has 2 N–H and O–H groups in total. The van der Waals surface area contributed by atoms with Crippen LogP contribution in [-0.2, 0) is 20.7 Å². The van der Waals surface area contributed by atoms with Crippen LogP contribution >= 0.6 is 0 Å². The monoisotopic (exact) mass is 456 g/mol. The van der Waals surface area contributed by atoms with Gasteiger partial charge in [0.05, 0.1) is 19.4 Å². The molecule has 0 radical (unpaired) electrons. The van der Waals surface area contributed by atoms with Crippen molar-refractivity contribution in [1.29, 1.82) is 0 Å². The molecule has 2 aliphatic rings. The number of nitrogens with one attached hydrogen (secondary N) is 2. The number of hydrogen-bond acceptors (Lipinski definition) is 5. The van der Waals surface area contributed by atoms with Crippen LogP contribution in [0.2, 0.25) is 0 Å². The summed E-state index contributed by atoms with van der Waals surface area (Å²) in [5, 5.41) is 3.26. The lowest BCUT2D eigenvalue weighted by Crippen LogP contribution is -2.37. The van der Waals surface area contributed by atoms with Gasteiger partial charge in [0.2, 0.25) is 0 Å². The van der Waals surface area contributed by atoms with Crippen LogP contribution in [0.25, 0.3) is 5.57 Å². The van der Waals surface area contributed by atoms with Crippen LogP contribution in [0.1, 0.15) is 47.3 Å². The fraction of sp³-hybridized carbons (Fsp3) is 0.458. The zero-order valence-electron chi connectivity index (χ0n) is 18.7. The van der Waals surface area contributed by atoms with Gasteiger partial charge < -0.3 is 15.0 Å². The molecule has 1 saturated heterocycles. The normalized spacial score (nSPS) is 19.2. The van der Waals surface area contributed by atoms with E-state index in [2.05, 4.69) is 44.3 Å². The van der Waals surface area contributed by atoms with E-state index in [0.717, 1.165) is 69.8 Å². The summed E-state index contributed by atoms with van der Waals surface area (Å²) in [5.41, 5.74) is 4.72. The number of amides is 1. The molecule has 7 nitrogen and oxygen atoms in total. The number of ether oxygens (including phenoxy) is 1. The van der Waals surface area contributed by atoms with Crippen molar-refractivity contribution in [3.8, 4) is 0 Å². The molecule has 1 aromatic carbocycles. The Morgan fingerprint density at radius 1 is 1.31 bits per heavy atom. The lowest BCUT2D eigenvalue weighted by molar-refractivity contribution is 0.0384. The third-order valence-corrected chi connectivity index (χ3v) is 7.02. The van der Waals surface area contributed by atoms with Crippen molar-refractivity contribution >= 4 is 32.6 Å². The van der Waals surface area contributed by atoms with Gasteiger partial charge in [-0.05, 0) is 61.2 Å². The Kier molecular flexibility index (Phi) is 7.13. The fourth-order valence-corrected chi connectivity index (χ4v) is 4.75. The fourth-order valence-electron chi connectivity index (χ4n) is 4.14. The topological polar surface area (TPSA) is 87.3 Å². The summed E-state index contributed by atoms with van der Waals surface area (Å²) in [6, 6.07) is 6.32. The van der Waals surface area contributed by atoms with E-state index in [-0.39, 0.29) is 16.8 Å². The molecule has 1 fully saturated rings. The number of hydrogen-bond donors (Lipinski definition) is 2. The average molecular weight is 457 g/mol. The van der Waals surface area contributed by atoms with Crippen LogP contribution < -0.4 is 5.32 Å². The number of allylic oxidation sites excluding steroid dienone is 2. The van der Waals surface area contributed by atoms with Crippen molar-refractivity contribution < 1.29 is 13.7 Å². The van der Waals surface area contributed by atoms with E-state index < -0.39 is 9.52 Å². The number of nitrogens with zero attached hydrogens (tertiary/aromatic N) is 2. The van der Waals surface area contributed by atoms with E-state index in [9.17, 15) is 9.00 Å². The second-order valence-electron chi connectivity index (χ2n) is 8.62. The number of H-pyrrole nitrogens is 1. The van der Waals surface area contributed by atoms with Crippen LogP contribution in [0.15, 0.2) is 35.6 Å². The molecule has 0 spiro atoms. The third-order valence-electron chi connectivity index (χ3n) is 6.00.